The van der Waals surface area contributed by atoms with Gasteiger partial charge in [0.1, 0.15) is 0 Å². The summed E-state index contributed by atoms with van der Waals surface area (Å²) in [5.41, 5.74) is 1.58. The second kappa shape index (κ2) is 8.92. The third kappa shape index (κ3) is 4.68. The van der Waals surface area contributed by atoms with E-state index in [1.54, 1.807) is 6.20 Å². The highest BCUT2D eigenvalue weighted by Gasteiger charge is 2.33. The van der Waals surface area contributed by atoms with Gasteiger partial charge in [-0.2, -0.15) is 0 Å². The molecule has 0 saturated carbocycles. The molecule has 1 atom stereocenters. The molecule has 5 nitrogen and oxygen atoms in total. The maximum atomic E-state index is 13.0. The van der Waals surface area contributed by atoms with Crippen LogP contribution in [0.2, 0.25) is 0 Å². The SMILES string of the molecule is O=C(NCC1(CO)CCOCC1)C(Cc1ccccn1)c1ccccc1. The summed E-state index contributed by atoms with van der Waals surface area (Å²) in [4.78, 5) is 17.4. The number of amides is 1. The Hall–Kier alpha value is -2.24. The van der Waals surface area contributed by atoms with Crippen molar-refractivity contribution in [3.05, 3.63) is 66.0 Å². The number of hydrogen-bond acceptors (Lipinski definition) is 4. The van der Waals surface area contributed by atoms with Crippen molar-refractivity contribution in [1.82, 2.24) is 10.3 Å². The third-order valence-electron chi connectivity index (χ3n) is 5.18. The quantitative estimate of drug-likeness (QED) is 0.800. The number of pyridine rings is 1. The highest BCUT2D eigenvalue weighted by Crippen LogP contribution is 2.29. The number of rotatable bonds is 7. The number of benzene rings is 1. The van der Waals surface area contributed by atoms with Crippen LogP contribution in [0.5, 0.6) is 0 Å². The van der Waals surface area contributed by atoms with Crippen molar-refractivity contribution in [2.75, 3.05) is 26.4 Å². The van der Waals surface area contributed by atoms with Crippen molar-refractivity contribution in [3.8, 4) is 0 Å². The molecule has 5 heteroatoms. The van der Waals surface area contributed by atoms with Gasteiger partial charge in [0.05, 0.1) is 12.5 Å². The van der Waals surface area contributed by atoms with Gasteiger partial charge >= 0.3 is 0 Å². The molecule has 0 bridgehead atoms. The molecule has 1 unspecified atom stereocenters. The first-order chi connectivity index (χ1) is 12.7. The molecule has 2 aromatic rings. The second-order valence-corrected chi connectivity index (χ2v) is 6.98. The maximum absolute atomic E-state index is 13.0. The monoisotopic (exact) mass is 354 g/mol. The summed E-state index contributed by atoms with van der Waals surface area (Å²) < 4.78 is 5.40. The van der Waals surface area contributed by atoms with E-state index >= 15 is 0 Å². The lowest BCUT2D eigenvalue weighted by molar-refractivity contribution is -0.123. The van der Waals surface area contributed by atoms with Crippen LogP contribution in [-0.4, -0.2) is 42.4 Å². The van der Waals surface area contributed by atoms with E-state index in [0.717, 1.165) is 24.1 Å². The fourth-order valence-electron chi connectivity index (χ4n) is 3.37. The highest BCUT2D eigenvalue weighted by atomic mass is 16.5. The van der Waals surface area contributed by atoms with Crippen molar-refractivity contribution in [2.24, 2.45) is 5.41 Å². The van der Waals surface area contributed by atoms with Gasteiger partial charge in [-0.25, -0.2) is 0 Å². The van der Waals surface area contributed by atoms with Crippen LogP contribution in [0.25, 0.3) is 0 Å². The Morgan fingerprint density at radius 2 is 1.88 bits per heavy atom. The van der Waals surface area contributed by atoms with E-state index in [9.17, 15) is 9.90 Å². The fraction of sp³-hybridized carbons (Fsp3) is 0.429. The summed E-state index contributed by atoms with van der Waals surface area (Å²) in [6.07, 6.45) is 3.82. The molecule has 1 amide bonds. The number of ether oxygens (including phenoxy) is 1. The Morgan fingerprint density at radius 1 is 1.15 bits per heavy atom. The molecule has 2 heterocycles. The molecule has 2 N–H and O–H groups in total. The van der Waals surface area contributed by atoms with E-state index in [4.69, 9.17) is 4.74 Å². The van der Waals surface area contributed by atoms with Crippen molar-refractivity contribution in [3.63, 3.8) is 0 Å². The third-order valence-corrected chi connectivity index (χ3v) is 5.18. The number of carbonyl (C=O) groups is 1. The Labute approximate surface area is 154 Å². The molecular weight excluding hydrogens is 328 g/mol. The number of aliphatic hydroxyl groups excluding tert-OH is 1. The van der Waals surface area contributed by atoms with Gasteiger partial charge in [0.2, 0.25) is 5.91 Å². The summed E-state index contributed by atoms with van der Waals surface area (Å²) in [5, 5.41) is 12.9. The maximum Gasteiger partial charge on any atom is 0.227 e. The van der Waals surface area contributed by atoms with Gasteiger partial charge in [0.25, 0.3) is 0 Å². The normalized spacial score (nSPS) is 17.4. The molecule has 3 rings (SSSR count). The zero-order valence-corrected chi connectivity index (χ0v) is 14.9. The van der Waals surface area contributed by atoms with Gasteiger partial charge in [-0.3, -0.25) is 9.78 Å². The molecule has 138 valence electrons. The average Bonchev–Trinajstić information content (AvgIpc) is 2.72. The molecule has 1 aliphatic rings. The van der Waals surface area contributed by atoms with E-state index in [1.165, 1.54) is 0 Å². The minimum atomic E-state index is -0.304. The topological polar surface area (TPSA) is 71.5 Å². The zero-order chi connectivity index (χ0) is 18.2. The summed E-state index contributed by atoms with van der Waals surface area (Å²) in [6.45, 7) is 1.79. The largest absolute Gasteiger partial charge is 0.396 e. The van der Waals surface area contributed by atoms with E-state index in [2.05, 4.69) is 10.3 Å². The van der Waals surface area contributed by atoms with Crippen LogP contribution in [0.3, 0.4) is 0 Å². The van der Waals surface area contributed by atoms with Crippen LogP contribution in [-0.2, 0) is 16.0 Å². The fourth-order valence-corrected chi connectivity index (χ4v) is 3.37. The molecule has 1 aromatic heterocycles. The van der Waals surface area contributed by atoms with Crippen molar-refractivity contribution in [2.45, 2.75) is 25.2 Å². The van der Waals surface area contributed by atoms with Gasteiger partial charge in [-0.15, -0.1) is 0 Å². The molecule has 1 fully saturated rings. The molecule has 0 aliphatic carbocycles. The first-order valence-electron chi connectivity index (χ1n) is 9.14. The van der Waals surface area contributed by atoms with Gasteiger partial charge in [0, 0.05) is 43.5 Å². The minimum absolute atomic E-state index is 0.0267. The Bertz CT molecular complexity index is 685. The number of carbonyl (C=O) groups excluding carboxylic acids is 1. The van der Waals surface area contributed by atoms with Gasteiger partial charge in [0.15, 0.2) is 0 Å². The Morgan fingerprint density at radius 3 is 2.54 bits per heavy atom. The number of nitrogens with zero attached hydrogens (tertiary/aromatic N) is 1. The summed E-state index contributed by atoms with van der Waals surface area (Å²) in [7, 11) is 0. The number of aromatic nitrogens is 1. The summed E-state index contributed by atoms with van der Waals surface area (Å²) in [6, 6.07) is 15.5. The lowest BCUT2D eigenvalue weighted by Crippen LogP contribution is -2.45. The molecule has 0 spiro atoms. The zero-order valence-electron chi connectivity index (χ0n) is 14.9. The predicted octanol–water partition coefficient (Wildman–Crippen LogP) is 2.31. The number of aliphatic hydroxyl groups is 1. The number of nitrogens with one attached hydrogen (secondary N) is 1. The van der Waals surface area contributed by atoms with Gasteiger partial charge in [-0.1, -0.05) is 36.4 Å². The summed E-state index contributed by atoms with van der Waals surface area (Å²) >= 11 is 0. The molecular formula is C21H26N2O3. The van der Waals surface area contributed by atoms with Crippen molar-refractivity contribution >= 4 is 5.91 Å². The van der Waals surface area contributed by atoms with E-state index in [-0.39, 0.29) is 23.8 Å². The van der Waals surface area contributed by atoms with Crippen LogP contribution in [0.15, 0.2) is 54.7 Å². The van der Waals surface area contributed by atoms with Crippen LogP contribution in [0, 0.1) is 5.41 Å². The minimum Gasteiger partial charge on any atom is -0.396 e. The van der Waals surface area contributed by atoms with Crippen LogP contribution in [0.1, 0.15) is 30.0 Å². The van der Waals surface area contributed by atoms with Crippen LogP contribution < -0.4 is 5.32 Å². The van der Waals surface area contributed by atoms with Gasteiger partial charge < -0.3 is 15.2 Å². The predicted molar refractivity (Wildman–Crippen MR) is 99.7 cm³/mol. The van der Waals surface area contributed by atoms with E-state index < -0.39 is 0 Å². The molecule has 26 heavy (non-hydrogen) atoms. The summed E-state index contributed by atoms with van der Waals surface area (Å²) in [5.74, 6) is -0.331. The second-order valence-electron chi connectivity index (χ2n) is 6.98. The molecule has 1 saturated heterocycles. The smallest absolute Gasteiger partial charge is 0.227 e. The lowest BCUT2D eigenvalue weighted by atomic mass is 9.80. The highest BCUT2D eigenvalue weighted by molar-refractivity contribution is 5.84. The Balaban J connectivity index is 1.72. The average molecular weight is 354 g/mol. The van der Waals surface area contributed by atoms with Crippen LogP contribution in [0.4, 0.5) is 0 Å². The van der Waals surface area contributed by atoms with Crippen molar-refractivity contribution in [1.29, 1.82) is 0 Å². The van der Waals surface area contributed by atoms with Gasteiger partial charge in [-0.05, 0) is 30.5 Å². The standard InChI is InChI=1S/C21H26N2O3/c24-16-21(9-12-26-13-10-21)15-23-20(25)19(17-6-2-1-3-7-17)14-18-8-4-5-11-22-18/h1-8,11,19,24H,9-10,12-16H2,(H,23,25). The number of hydrogen-bond donors (Lipinski definition) is 2. The molecule has 1 aromatic carbocycles. The first kappa shape index (κ1) is 18.5. The molecule has 1 aliphatic heterocycles. The first-order valence-corrected chi connectivity index (χ1v) is 9.14. The lowest BCUT2D eigenvalue weighted by Gasteiger charge is -2.36. The van der Waals surface area contributed by atoms with E-state index in [0.29, 0.717) is 26.2 Å². The van der Waals surface area contributed by atoms with Crippen molar-refractivity contribution < 1.29 is 14.6 Å². The molecule has 0 radical (unpaired) electrons. The Kier molecular flexibility index (Phi) is 6.36. The van der Waals surface area contributed by atoms with Crippen LogP contribution >= 0.6 is 0 Å². The van der Waals surface area contributed by atoms with E-state index in [1.807, 2.05) is 48.5 Å².